The molecule has 0 saturated heterocycles. The molecule has 1 N–H and O–H groups in total. The SMILES string of the molecule is Cc1sc2ncn(CC(=O)NC(C)c3cccs3)c(=O)c2c1C. The average Bonchev–Trinajstić information content (AvgIpc) is 3.12. The van der Waals surface area contributed by atoms with Crippen molar-refractivity contribution in [2.24, 2.45) is 0 Å². The zero-order valence-electron chi connectivity index (χ0n) is 13.1. The van der Waals surface area contributed by atoms with E-state index in [1.54, 1.807) is 11.3 Å². The molecule has 7 heteroatoms. The Morgan fingerprint density at radius 2 is 2.22 bits per heavy atom. The molecule has 0 radical (unpaired) electrons. The first-order chi connectivity index (χ1) is 11.0. The Bertz CT molecular complexity index is 909. The lowest BCUT2D eigenvalue weighted by Gasteiger charge is -2.13. The van der Waals surface area contributed by atoms with Crippen LogP contribution in [0.3, 0.4) is 0 Å². The van der Waals surface area contributed by atoms with Crippen LogP contribution in [0.25, 0.3) is 10.2 Å². The minimum absolute atomic E-state index is 0.0220. The first-order valence-electron chi connectivity index (χ1n) is 7.25. The summed E-state index contributed by atoms with van der Waals surface area (Å²) in [4.78, 5) is 32.0. The molecule has 1 unspecified atom stereocenters. The third kappa shape index (κ3) is 3.07. The van der Waals surface area contributed by atoms with Gasteiger partial charge in [0.2, 0.25) is 5.91 Å². The van der Waals surface area contributed by atoms with Gasteiger partial charge in [0.05, 0.1) is 17.8 Å². The summed E-state index contributed by atoms with van der Waals surface area (Å²) in [5, 5.41) is 5.51. The lowest BCUT2D eigenvalue weighted by molar-refractivity contribution is -0.122. The van der Waals surface area contributed by atoms with Gasteiger partial charge in [-0.25, -0.2) is 4.98 Å². The minimum atomic E-state index is -0.196. The van der Waals surface area contributed by atoms with Gasteiger partial charge in [0.1, 0.15) is 11.4 Å². The number of fused-ring (bicyclic) bond motifs is 1. The molecule has 0 aromatic carbocycles. The average molecular weight is 347 g/mol. The van der Waals surface area contributed by atoms with E-state index >= 15 is 0 Å². The van der Waals surface area contributed by atoms with Gasteiger partial charge in [-0.15, -0.1) is 22.7 Å². The number of carbonyl (C=O) groups excluding carboxylic acids is 1. The maximum Gasteiger partial charge on any atom is 0.262 e. The van der Waals surface area contributed by atoms with Gasteiger partial charge in [0.15, 0.2) is 0 Å². The molecule has 0 saturated carbocycles. The second-order valence-corrected chi connectivity index (χ2v) is 7.63. The van der Waals surface area contributed by atoms with Gasteiger partial charge in [-0.3, -0.25) is 14.2 Å². The monoisotopic (exact) mass is 347 g/mol. The number of hydrogen-bond acceptors (Lipinski definition) is 5. The van der Waals surface area contributed by atoms with Crippen molar-refractivity contribution in [2.45, 2.75) is 33.4 Å². The van der Waals surface area contributed by atoms with Gasteiger partial charge >= 0.3 is 0 Å². The molecule has 5 nitrogen and oxygen atoms in total. The summed E-state index contributed by atoms with van der Waals surface area (Å²) < 4.78 is 1.37. The summed E-state index contributed by atoms with van der Waals surface area (Å²) in [5.74, 6) is -0.196. The highest BCUT2D eigenvalue weighted by molar-refractivity contribution is 7.18. The number of nitrogens with zero attached hydrogens (tertiary/aromatic N) is 2. The predicted molar refractivity (Wildman–Crippen MR) is 94.2 cm³/mol. The first-order valence-corrected chi connectivity index (χ1v) is 8.95. The van der Waals surface area contributed by atoms with E-state index in [2.05, 4.69) is 10.3 Å². The van der Waals surface area contributed by atoms with Crippen LogP contribution in [0.2, 0.25) is 0 Å². The van der Waals surface area contributed by atoms with Gasteiger partial charge in [0.25, 0.3) is 5.56 Å². The Morgan fingerprint density at radius 1 is 1.43 bits per heavy atom. The molecule has 0 bridgehead atoms. The fourth-order valence-electron chi connectivity index (χ4n) is 2.43. The number of aryl methyl sites for hydroxylation is 2. The number of nitrogens with one attached hydrogen (secondary N) is 1. The third-order valence-electron chi connectivity index (χ3n) is 3.82. The number of rotatable bonds is 4. The van der Waals surface area contributed by atoms with Gasteiger partial charge in [0, 0.05) is 9.75 Å². The standard InChI is InChI=1S/C16H17N3O2S2/c1-9-11(3)23-15-14(9)16(21)19(8-17-15)7-13(20)18-10(2)12-5-4-6-22-12/h4-6,8,10H,7H2,1-3H3,(H,18,20). The topological polar surface area (TPSA) is 64.0 Å². The van der Waals surface area contributed by atoms with Gasteiger partial charge < -0.3 is 5.32 Å². The molecule has 0 aliphatic heterocycles. The Morgan fingerprint density at radius 3 is 2.91 bits per heavy atom. The lowest BCUT2D eigenvalue weighted by atomic mass is 10.2. The van der Waals surface area contributed by atoms with Crippen molar-refractivity contribution in [3.05, 3.63) is 49.5 Å². The highest BCUT2D eigenvalue weighted by Crippen LogP contribution is 2.25. The largest absolute Gasteiger partial charge is 0.347 e. The number of amides is 1. The zero-order chi connectivity index (χ0) is 16.6. The molecule has 0 fully saturated rings. The highest BCUT2D eigenvalue weighted by Gasteiger charge is 2.15. The molecule has 3 aromatic rings. The molecule has 0 aliphatic rings. The Kier molecular flexibility index (Phi) is 4.32. The molecular formula is C16H17N3O2S2. The summed E-state index contributed by atoms with van der Waals surface area (Å²) in [6, 6.07) is 3.86. The fourth-order valence-corrected chi connectivity index (χ4v) is 4.16. The van der Waals surface area contributed by atoms with Crippen LogP contribution in [0.1, 0.15) is 28.3 Å². The predicted octanol–water partition coefficient (Wildman–Crippen LogP) is 3.01. The van der Waals surface area contributed by atoms with Crippen molar-refractivity contribution in [1.82, 2.24) is 14.9 Å². The van der Waals surface area contributed by atoms with E-state index in [1.807, 2.05) is 38.3 Å². The second kappa shape index (κ2) is 6.25. The summed E-state index contributed by atoms with van der Waals surface area (Å²) in [7, 11) is 0. The minimum Gasteiger partial charge on any atom is -0.347 e. The van der Waals surface area contributed by atoms with Crippen molar-refractivity contribution in [3.63, 3.8) is 0 Å². The Balaban J connectivity index is 1.81. The summed E-state index contributed by atoms with van der Waals surface area (Å²) >= 11 is 3.10. The Labute approximate surface area is 141 Å². The van der Waals surface area contributed by atoms with Crippen molar-refractivity contribution < 1.29 is 4.79 Å². The van der Waals surface area contributed by atoms with Crippen molar-refractivity contribution in [1.29, 1.82) is 0 Å². The normalized spacial score (nSPS) is 12.5. The van der Waals surface area contributed by atoms with E-state index in [0.29, 0.717) is 5.39 Å². The molecule has 0 aliphatic carbocycles. The van der Waals surface area contributed by atoms with E-state index in [-0.39, 0.29) is 24.1 Å². The number of thiophene rings is 2. The van der Waals surface area contributed by atoms with E-state index in [1.165, 1.54) is 22.2 Å². The van der Waals surface area contributed by atoms with E-state index < -0.39 is 0 Å². The van der Waals surface area contributed by atoms with Crippen LogP contribution in [0, 0.1) is 13.8 Å². The maximum atomic E-state index is 12.6. The van der Waals surface area contributed by atoms with Crippen LogP contribution in [0.15, 0.2) is 28.6 Å². The van der Waals surface area contributed by atoms with Crippen molar-refractivity contribution in [3.8, 4) is 0 Å². The van der Waals surface area contributed by atoms with Gasteiger partial charge in [-0.1, -0.05) is 6.07 Å². The summed E-state index contributed by atoms with van der Waals surface area (Å²) in [5.41, 5.74) is 0.792. The van der Waals surface area contributed by atoms with Gasteiger partial charge in [-0.05, 0) is 37.8 Å². The van der Waals surface area contributed by atoms with Crippen LogP contribution in [0.4, 0.5) is 0 Å². The van der Waals surface area contributed by atoms with Crippen molar-refractivity contribution >= 4 is 38.8 Å². The summed E-state index contributed by atoms with van der Waals surface area (Å²) in [6.45, 7) is 5.80. The van der Waals surface area contributed by atoms with Crippen LogP contribution in [-0.2, 0) is 11.3 Å². The first kappa shape index (κ1) is 15.9. The molecule has 3 rings (SSSR count). The van der Waals surface area contributed by atoms with Gasteiger partial charge in [-0.2, -0.15) is 0 Å². The van der Waals surface area contributed by atoms with Crippen LogP contribution >= 0.6 is 22.7 Å². The molecule has 1 atom stereocenters. The Hall–Kier alpha value is -1.99. The van der Waals surface area contributed by atoms with Crippen LogP contribution in [-0.4, -0.2) is 15.5 Å². The maximum absolute atomic E-state index is 12.6. The van der Waals surface area contributed by atoms with E-state index in [0.717, 1.165) is 20.1 Å². The quantitative estimate of drug-likeness (QED) is 0.789. The number of carbonyl (C=O) groups is 1. The molecule has 120 valence electrons. The number of aromatic nitrogens is 2. The molecule has 1 amide bonds. The summed E-state index contributed by atoms with van der Waals surface area (Å²) in [6.07, 6.45) is 1.45. The fraction of sp³-hybridized carbons (Fsp3) is 0.312. The highest BCUT2D eigenvalue weighted by atomic mass is 32.1. The van der Waals surface area contributed by atoms with Crippen LogP contribution < -0.4 is 10.9 Å². The number of hydrogen-bond donors (Lipinski definition) is 1. The van der Waals surface area contributed by atoms with E-state index in [4.69, 9.17) is 0 Å². The lowest BCUT2D eigenvalue weighted by Crippen LogP contribution is -2.33. The molecule has 0 spiro atoms. The van der Waals surface area contributed by atoms with E-state index in [9.17, 15) is 9.59 Å². The molecule has 3 heterocycles. The smallest absolute Gasteiger partial charge is 0.262 e. The zero-order valence-corrected chi connectivity index (χ0v) is 14.8. The molecular weight excluding hydrogens is 330 g/mol. The second-order valence-electron chi connectivity index (χ2n) is 5.45. The van der Waals surface area contributed by atoms with Crippen LogP contribution in [0.5, 0.6) is 0 Å². The molecule has 23 heavy (non-hydrogen) atoms. The third-order valence-corrected chi connectivity index (χ3v) is 5.99. The van der Waals surface area contributed by atoms with Crippen molar-refractivity contribution in [2.75, 3.05) is 0 Å². The molecule has 3 aromatic heterocycles.